The molecule has 1 N–H and O–H groups in total. The lowest BCUT2D eigenvalue weighted by Crippen LogP contribution is -2.60. The second kappa shape index (κ2) is 11.5. The SMILES string of the molecule is COc1cc(Br)cc([C@H]2C3=CC[C@@H]4C(=O)N(N(C)c5nc(C(F)(F)F)ccc5Cl)C(=O)[C@@H]4[C@@H]3C[C@@]3(Cl)C(=O)N(CBr)C(=O)[C@@]23Cl)c1O. The van der Waals surface area contributed by atoms with Crippen LogP contribution in [0.1, 0.15) is 30.0 Å². The summed E-state index contributed by atoms with van der Waals surface area (Å²) in [6.07, 6.45) is -3.58. The van der Waals surface area contributed by atoms with Crippen LogP contribution in [0.15, 0.2) is 40.4 Å². The average molecular weight is 846 g/mol. The number of hydrazine groups is 1. The highest BCUT2D eigenvalue weighted by atomic mass is 79.9. The molecule has 1 aromatic heterocycles. The van der Waals surface area contributed by atoms with Crippen LogP contribution in [-0.4, -0.2) is 73.0 Å². The quantitative estimate of drug-likeness (QED) is 0.169. The van der Waals surface area contributed by atoms with Crippen molar-refractivity contribution in [3.05, 3.63) is 56.7 Å². The van der Waals surface area contributed by atoms with Crippen LogP contribution in [0.25, 0.3) is 0 Å². The Kier molecular flexibility index (Phi) is 8.38. The molecule has 2 saturated heterocycles. The summed E-state index contributed by atoms with van der Waals surface area (Å²) in [6, 6.07) is 4.61. The number of aromatic hydroxyl groups is 1. The van der Waals surface area contributed by atoms with Crippen molar-refractivity contribution >= 4 is 96.1 Å². The number of aromatic nitrogens is 1. The molecule has 47 heavy (non-hydrogen) atoms. The van der Waals surface area contributed by atoms with Crippen molar-refractivity contribution < 1.29 is 42.2 Å². The zero-order valence-electron chi connectivity index (χ0n) is 24.1. The van der Waals surface area contributed by atoms with E-state index in [0.29, 0.717) is 21.1 Å². The van der Waals surface area contributed by atoms with Crippen molar-refractivity contribution in [3.63, 3.8) is 0 Å². The minimum atomic E-state index is -4.83. The summed E-state index contributed by atoms with van der Waals surface area (Å²) in [5.41, 5.74) is -1.07. The number of benzene rings is 1. The minimum Gasteiger partial charge on any atom is -0.504 e. The molecule has 1 aromatic carbocycles. The van der Waals surface area contributed by atoms with Crippen molar-refractivity contribution in [2.75, 3.05) is 24.6 Å². The number of likely N-dealkylation sites (tertiary alicyclic amines) is 1. The summed E-state index contributed by atoms with van der Waals surface area (Å²) in [7, 11) is 2.50. The molecule has 0 bridgehead atoms. The Bertz CT molecular complexity index is 1800. The zero-order valence-corrected chi connectivity index (χ0v) is 29.6. The number of amides is 4. The average Bonchev–Trinajstić information content (AvgIpc) is 3.35. The van der Waals surface area contributed by atoms with Crippen LogP contribution in [0.2, 0.25) is 5.02 Å². The van der Waals surface area contributed by atoms with Gasteiger partial charge in [-0.2, -0.15) is 18.2 Å². The molecule has 0 unspecified atom stereocenters. The number of phenolic OH excluding ortho intramolecular Hbond substituents is 1. The van der Waals surface area contributed by atoms with E-state index in [1.54, 1.807) is 6.08 Å². The molecule has 1 saturated carbocycles. The maximum atomic E-state index is 14.2. The fraction of sp³-hybridized carbons (Fsp3) is 0.414. The van der Waals surface area contributed by atoms with Crippen LogP contribution in [0.4, 0.5) is 19.0 Å². The van der Waals surface area contributed by atoms with Gasteiger partial charge in [0.1, 0.15) is 5.69 Å². The standard InChI is InChI=1S/C29H22Br2Cl3F3N4O6/c1-39(22-16(32)5-6-18(38-22)29(35,36)37)41-23(43)13-4-3-12-15(19(13)24(41)44)9-27(33)25(45)40(10-30)26(46)28(27,34)20(12)14-7-11(31)8-17(47-2)21(14)42/h3,5-8,13,15,19-20,42H,4,9-10H2,1-2H3/t13-,15+,19-,20+,27+,28-/m0/s1. The van der Waals surface area contributed by atoms with E-state index in [1.165, 1.54) is 26.3 Å². The molecule has 3 fully saturated rings. The minimum absolute atomic E-state index is 0.0192. The lowest BCUT2D eigenvalue weighted by atomic mass is 9.56. The van der Waals surface area contributed by atoms with Crippen LogP contribution < -0.4 is 9.75 Å². The summed E-state index contributed by atoms with van der Waals surface area (Å²) in [6.45, 7) is 0. The van der Waals surface area contributed by atoms with Crippen LogP contribution in [-0.2, 0) is 25.4 Å². The van der Waals surface area contributed by atoms with Gasteiger partial charge in [0.15, 0.2) is 27.1 Å². The van der Waals surface area contributed by atoms with Crippen LogP contribution in [0, 0.1) is 17.8 Å². The molecule has 3 heterocycles. The van der Waals surface area contributed by atoms with E-state index in [-0.39, 0.29) is 40.4 Å². The number of ether oxygens (including phenoxy) is 1. The summed E-state index contributed by atoms with van der Waals surface area (Å²) in [4.78, 5) is 56.0. The molecular weight excluding hydrogens is 824 g/mol. The number of phenols is 1. The number of pyridine rings is 1. The number of carbonyl (C=O) groups is 4. The highest BCUT2D eigenvalue weighted by molar-refractivity contribution is 9.10. The molecule has 6 atom stereocenters. The first kappa shape index (κ1) is 34.3. The fourth-order valence-electron chi connectivity index (χ4n) is 7.26. The van der Waals surface area contributed by atoms with Gasteiger partial charge in [-0.05, 0) is 43.0 Å². The van der Waals surface area contributed by atoms with Gasteiger partial charge in [-0.1, -0.05) is 55.1 Å². The number of methoxy groups -OCH3 is 1. The molecule has 2 aromatic rings. The summed E-state index contributed by atoms with van der Waals surface area (Å²) in [5.74, 6) is -8.52. The second-order valence-corrected chi connectivity index (χ2v) is 14.6. The maximum absolute atomic E-state index is 14.2. The van der Waals surface area contributed by atoms with Gasteiger partial charge >= 0.3 is 6.18 Å². The Morgan fingerprint density at radius 1 is 1.13 bits per heavy atom. The van der Waals surface area contributed by atoms with E-state index in [9.17, 15) is 37.5 Å². The number of alkyl halides is 6. The molecule has 10 nitrogen and oxygen atoms in total. The number of fused-ring (bicyclic) bond motifs is 4. The number of rotatable bonds is 5. The van der Waals surface area contributed by atoms with Gasteiger partial charge in [-0.15, -0.1) is 23.2 Å². The fourth-order valence-corrected chi connectivity index (χ4v) is 9.36. The highest BCUT2D eigenvalue weighted by Crippen LogP contribution is 2.66. The van der Waals surface area contributed by atoms with Gasteiger partial charge in [0, 0.05) is 23.0 Å². The highest BCUT2D eigenvalue weighted by Gasteiger charge is 2.76. The molecule has 18 heteroatoms. The van der Waals surface area contributed by atoms with Gasteiger partial charge < -0.3 is 9.84 Å². The number of anilines is 1. The van der Waals surface area contributed by atoms with E-state index in [0.717, 1.165) is 16.0 Å². The number of hydrogen-bond donors (Lipinski definition) is 1. The zero-order chi connectivity index (χ0) is 34.5. The van der Waals surface area contributed by atoms with Gasteiger partial charge in [0.05, 0.1) is 29.4 Å². The van der Waals surface area contributed by atoms with E-state index in [1.807, 2.05) is 0 Å². The van der Waals surface area contributed by atoms with E-state index >= 15 is 0 Å². The van der Waals surface area contributed by atoms with E-state index < -0.39 is 74.7 Å². The second-order valence-electron chi connectivity index (χ2n) is 11.5. The first-order valence-electron chi connectivity index (χ1n) is 13.9. The smallest absolute Gasteiger partial charge is 0.433 e. The summed E-state index contributed by atoms with van der Waals surface area (Å²) < 4.78 is 46.3. The van der Waals surface area contributed by atoms with E-state index in [4.69, 9.17) is 39.5 Å². The number of halogens is 8. The first-order valence-corrected chi connectivity index (χ1v) is 16.9. The third-order valence-electron chi connectivity index (χ3n) is 9.32. The Balaban J connectivity index is 1.50. The largest absolute Gasteiger partial charge is 0.504 e. The topological polar surface area (TPSA) is 120 Å². The van der Waals surface area contributed by atoms with Crippen molar-refractivity contribution in [3.8, 4) is 11.5 Å². The van der Waals surface area contributed by atoms with Crippen molar-refractivity contribution in [1.29, 1.82) is 0 Å². The molecule has 4 aliphatic rings. The molecule has 0 radical (unpaired) electrons. The molecule has 0 spiro atoms. The first-order chi connectivity index (χ1) is 21.9. The number of imide groups is 2. The monoisotopic (exact) mass is 842 g/mol. The van der Waals surface area contributed by atoms with Gasteiger partial charge in [-0.3, -0.25) is 29.1 Å². The Hall–Kier alpha value is -2.59. The normalized spacial score (nSPS) is 30.3. The molecule has 2 aliphatic carbocycles. The Labute approximate surface area is 297 Å². The predicted molar refractivity (Wildman–Crippen MR) is 170 cm³/mol. The van der Waals surface area contributed by atoms with E-state index in [2.05, 4.69) is 36.8 Å². The number of nitrogens with zero attached hydrogens (tertiary/aromatic N) is 4. The molecule has 6 rings (SSSR count). The van der Waals surface area contributed by atoms with Crippen molar-refractivity contribution in [2.24, 2.45) is 17.8 Å². The van der Waals surface area contributed by atoms with Crippen LogP contribution in [0.5, 0.6) is 11.5 Å². The predicted octanol–water partition coefficient (Wildman–Crippen LogP) is 5.99. The van der Waals surface area contributed by atoms with Gasteiger partial charge in [0.2, 0.25) is 0 Å². The number of carbonyl (C=O) groups excluding carboxylic acids is 4. The summed E-state index contributed by atoms with van der Waals surface area (Å²) >= 11 is 27.1. The Morgan fingerprint density at radius 3 is 2.43 bits per heavy atom. The lowest BCUT2D eigenvalue weighted by Gasteiger charge is -2.50. The lowest BCUT2D eigenvalue weighted by molar-refractivity contribution is -0.142. The molecule has 2 aliphatic heterocycles. The van der Waals surface area contributed by atoms with Crippen LogP contribution >= 0.6 is 66.7 Å². The third-order valence-corrected chi connectivity index (χ3v) is 12.0. The Morgan fingerprint density at radius 2 is 1.81 bits per heavy atom. The van der Waals surface area contributed by atoms with Crippen LogP contribution in [0.3, 0.4) is 0 Å². The van der Waals surface area contributed by atoms with Crippen molar-refractivity contribution in [2.45, 2.75) is 34.7 Å². The number of allylic oxidation sites excluding steroid dienone is 2. The van der Waals surface area contributed by atoms with Gasteiger partial charge in [0.25, 0.3) is 23.6 Å². The summed E-state index contributed by atoms with van der Waals surface area (Å²) in [5, 5.41) is 12.7. The molecule has 4 amide bonds. The number of hydrogen-bond acceptors (Lipinski definition) is 8. The maximum Gasteiger partial charge on any atom is 0.433 e. The van der Waals surface area contributed by atoms with Crippen molar-refractivity contribution in [1.82, 2.24) is 14.9 Å². The van der Waals surface area contributed by atoms with Gasteiger partial charge in [-0.25, -0.2) is 4.98 Å². The molecular formula is C29H22Br2Cl3F3N4O6. The third kappa shape index (κ3) is 4.73. The molecule has 250 valence electrons.